The first-order chi connectivity index (χ1) is 9.83. The average Bonchev–Trinajstić information content (AvgIpc) is 2.50. The minimum atomic E-state index is 0.547. The number of morpholine rings is 1. The van der Waals surface area contributed by atoms with Gasteiger partial charge in [-0.15, -0.1) is 0 Å². The van der Waals surface area contributed by atoms with E-state index < -0.39 is 0 Å². The molecule has 1 saturated heterocycles. The third-order valence-electron chi connectivity index (χ3n) is 3.77. The average molecular weight is 278 g/mol. The molecule has 0 aromatic heterocycles. The number of nitrogens with zero attached hydrogens (tertiary/aromatic N) is 1. The predicted molar refractivity (Wildman–Crippen MR) is 81.2 cm³/mol. The minimum Gasteiger partial charge on any atom is -0.492 e. The first-order valence-corrected chi connectivity index (χ1v) is 7.51. The lowest BCUT2D eigenvalue weighted by Crippen LogP contribution is -2.46. The second-order valence-corrected chi connectivity index (χ2v) is 5.20. The van der Waals surface area contributed by atoms with Crippen LogP contribution in [0.4, 0.5) is 0 Å². The lowest BCUT2D eigenvalue weighted by molar-refractivity contribution is -0.0132. The monoisotopic (exact) mass is 278 g/mol. The highest BCUT2D eigenvalue weighted by Crippen LogP contribution is 2.13. The standard InChI is InChI=1S/C16H26N2O2/c1-3-15-13-19-10-8-18(15)9-11-20-16-6-4-14(5-7-16)12-17-2/h4-7,15,17H,3,8-13H2,1-2H3. The Morgan fingerprint density at radius 1 is 1.35 bits per heavy atom. The van der Waals surface area contributed by atoms with Crippen LogP contribution in [0.1, 0.15) is 18.9 Å². The molecule has 1 fully saturated rings. The maximum atomic E-state index is 5.83. The van der Waals surface area contributed by atoms with Crippen LogP contribution in [-0.2, 0) is 11.3 Å². The molecule has 1 heterocycles. The van der Waals surface area contributed by atoms with Crippen LogP contribution >= 0.6 is 0 Å². The summed E-state index contributed by atoms with van der Waals surface area (Å²) in [6, 6.07) is 8.85. The molecule has 0 spiro atoms. The maximum absolute atomic E-state index is 5.83. The predicted octanol–water partition coefficient (Wildman–Crippen LogP) is 1.90. The fourth-order valence-corrected chi connectivity index (χ4v) is 2.55. The zero-order valence-electron chi connectivity index (χ0n) is 12.6. The van der Waals surface area contributed by atoms with Gasteiger partial charge >= 0.3 is 0 Å². The van der Waals surface area contributed by atoms with Gasteiger partial charge in [-0.05, 0) is 31.2 Å². The van der Waals surface area contributed by atoms with E-state index in [0.29, 0.717) is 6.04 Å². The molecule has 0 bridgehead atoms. The van der Waals surface area contributed by atoms with Crippen LogP contribution < -0.4 is 10.1 Å². The van der Waals surface area contributed by atoms with Gasteiger partial charge in [0.25, 0.3) is 0 Å². The Hall–Kier alpha value is -1.10. The molecule has 1 N–H and O–H groups in total. The van der Waals surface area contributed by atoms with Crippen LogP contribution in [0.3, 0.4) is 0 Å². The SMILES string of the molecule is CCC1COCCN1CCOc1ccc(CNC)cc1. The molecule has 4 nitrogen and oxygen atoms in total. The lowest BCUT2D eigenvalue weighted by atomic mass is 10.2. The van der Waals surface area contributed by atoms with Crippen LogP contribution in [0.25, 0.3) is 0 Å². The minimum absolute atomic E-state index is 0.547. The summed E-state index contributed by atoms with van der Waals surface area (Å²) in [5.41, 5.74) is 1.28. The van der Waals surface area contributed by atoms with Gasteiger partial charge in [-0.25, -0.2) is 0 Å². The fourth-order valence-electron chi connectivity index (χ4n) is 2.55. The summed E-state index contributed by atoms with van der Waals surface area (Å²) >= 11 is 0. The van der Waals surface area contributed by atoms with Crippen molar-refractivity contribution in [3.63, 3.8) is 0 Å². The molecule has 1 aromatic carbocycles. The highest BCUT2D eigenvalue weighted by molar-refractivity contribution is 5.27. The van der Waals surface area contributed by atoms with Gasteiger partial charge in [-0.1, -0.05) is 19.1 Å². The van der Waals surface area contributed by atoms with Crippen molar-refractivity contribution >= 4 is 0 Å². The van der Waals surface area contributed by atoms with Crippen LogP contribution in [0.2, 0.25) is 0 Å². The van der Waals surface area contributed by atoms with Crippen LogP contribution in [0.15, 0.2) is 24.3 Å². The van der Waals surface area contributed by atoms with Crippen molar-refractivity contribution in [3.05, 3.63) is 29.8 Å². The summed E-state index contributed by atoms with van der Waals surface area (Å²) in [7, 11) is 1.96. The number of ether oxygens (including phenoxy) is 2. The highest BCUT2D eigenvalue weighted by atomic mass is 16.5. The van der Waals surface area contributed by atoms with Gasteiger partial charge in [0.15, 0.2) is 0 Å². The number of hydrogen-bond donors (Lipinski definition) is 1. The number of nitrogens with one attached hydrogen (secondary N) is 1. The molecule has 1 atom stereocenters. The second kappa shape index (κ2) is 8.25. The number of rotatable bonds is 7. The Morgan fingerprint density at radius 2 is 2.15 bits per heavy atom. The van der Waals surface area contributed by atoms with Crippen molar-refractivity contribution in [3.8, 4) is 5.75 Å². The van der Waals surface area contributed by atoms with E-state index in [4.69, 9.17) is 9.47 Å². The Morgan fingerprint density at radius 3 is 2.85 bits per heavy atom. The summed E-state index contributed by atoms with van der Waals surface area (Å²) in [5, 5.41) is 3.14. The molecule has 20 heavy (non-hydrogen) atoms. The largest absolute Gasteiger partial charge is 0.492 e. The van der Waals surface area contributed by atoms with Crippen molar-refractivity contribution in [2.24, 2.45) is 0 Å². The van der Waals surface area contributed by atoms with E-state index in [0.717, 1.165) is 51.6 Å². The van der Waals surface area contributed by atoms with E-state index in [2.05, 4.69) is 29.3 Å². The fraction of sp³-hybridized carbons (Fsp3) is 0.625. The molecule has 0 amide bonds. The summed E-state index contributed by atoms with van der Waals surface area (Å²) in [6.45, 7) is 7.54. The Bertz CT molecular complexity index is 381. The van der Waals surface area contributed by atoms with E-state index in [1.165, 1.54) is 5.56 Å². The second-order valence-electron chi connectivity index (χ2n) is 5.20. The first kappa shape index (κ1) is 15.3. The van der Waals surface area contributed by atoms with E-state index in [-0.39, 0.29) is 0 Å². The zero-order chi connectivity index (χ0) is 14.2. The molecule has 1 aliphatic rings. The lowest BCUT2D eigenvalue weighted by Gasteiger charge is -2.34. The molecule has 1 aromatic rings. The van der Waals surface area contributed by atoms with Gasteiger partial charge < -0.3 is 14.8 Å². The van der Waals surface area contributed by atoms with Crippen molar-refractivity contribution in [2.45, 2.75) is 25.9 Å². The van der Waals surface area contributed by atoms with E-state index >= 15 is 0 Å². The number of hydrogen-bond acceptors (Lipinski definition) is 4. The normalized spacial score (nSPS) is 20.0. The van der Waals surface area contributed by atoms with E-state index in [1.54, 1.807) is 0 Å². The molecule has 1 unspecified atom stereocenters. The van der Waals surface area contributed by atoms with Crippen LogP contribution in [-0.4, -0.2) is 50.9 Å². The van der Waals surface area contributed by atoms with E-state index in [9.17, 15) is 0 Å². The van der Waals surface area contributed by atoms with Crippen LogP contribution in [0.5, 0.6) is 5.75 Å². The molecule has 0 aliphatic carbocycles. The Kier molecular flexibility index (Phi) is 6.30. The summed E-state index contributed by atoms with van der Waals surface area (Å²) in [6.07, 6.45) is 1.14. The molecule has 2 rings (SSSR count). The molecule has 4 heteroatoms. The molecule has 112 valence electrons. The molecule has 1 aliphatic heterocycles. The molecular weight excluding hydrogens is 252 g/mol. The maximum Gasteiger partial charge on any atom is 0.119 e. The van der Waals surface area contributed by atoms with Gasteiger partial charge in [0.2, 0.25) is 0 Å². The van der Waals surface area contributed by atoms with Crippen LogP contribution in [0, 0.1) is 0 Å². The summed E-state index contributed by atoms with van der Waals surface area (Å²) < 4.78 is 11.3. The van der Waals surface area contributed by atoms with Gasteiger partial charge in [-0.3, -0.25) is 4.90 Å². The van der Waals surface area contributed by atoms with Crippen molar-refractivity contribution < 1.29 is 9.47 Å². The number of benzene rings is 1. The van der Waals surface area contributed by atoms with Gasteiger partial charge in [-0.2, -0.15) is 0 Å². The Balaban J connectivity index is 1.74. The van der Waals surface area contributed by atoms with Gasteiger partial charge in [0.1, 0.15) is 12.4 Å². The van der Waals surface area contributed by atoms with Crippen molar-refractivity contribution in [1.82, 2.24) is 10.2 Å². The molecular formula is C16H26N2O2. The van der Waals surface area contributed by atoms with Crippen molar-refractivity contribution in [1.29, 1.82) is 0 Å². The highest BCUT2D eigenvalue weighted by Gasteiger charge is 2.20. The third-order valence-corrected chi connectivity index (χ3v) is 3.77. The van der Waals surface area contributed by atoms with Crippen molar-refractivity contribution in [2.75, 3.05) is 40.0 Å². The van der Waals surface area contributed by atoms with E-state index in [1.807, 2.05) is 19.2 Å². The summed E-state index contributed by atoms with van der Waals surface area (Å²) in [4.78, 5) is 2.47. The zero-order valence-corrected chi connectivity index (χ0v) is 12.6. The quantitative estimate of drug-likeness (QED) is 0.826. The molecule has 0 saturated carbocycles. The molecule has 0 radical (unpaired) electrons. The Labute approximate surface area is 122 Å². The summed E-state index contributed by atoms with van der Waals surface area (Å²) in [5.74, 6) is 0.950. The smallest absolute Gasteiger partial charge is 0.119 e. The van der Waals surface area contributed by atoms with Gasteiger partial charge in [0.05, 0.1) is 13.2 Å². The first-order valence-electron chi connectivity index (χ1n) is 7.51. The third kappa shape index (κ3) is 4.47. The van der Waals surface area contributed by atoms with Gasteiger partial charge in [0, 0.05) is 25.7 Å². The topological polar surface area (TPSA) is 33.7 Å².